The van der Waals surface area contributed by atoms with E-state index in [9.17, 15) is 4.79 Å². The molecule has 1 saturated heterocycles. The van der Waals surface area contributed by atoms with Crippen molar-refractivity contribution < 1.29 is 14.3 Å². The first-order valence-corrected chi connectivity index (χ1v) is 7.47. The van der Waals surface area contributed by atoms with Gasteiger partial charge >= 0.3 is 0 Å². The number of para-hydroxylation sites is 1. The van der Waals surface area contributed by atoms with Crippen LogP contribution in [-0.4, -0.2) is 56.3 Å². The van der Waals surface area contributed by atoms with Gasteiger partial charge < -0.3 is 14.8 Å². The van der Waals surface area contributed by atoms with Crippen molar-refractivity contribution >= 4 is 5.91 Å². The highest BCUT2D eigenvalue weighted by molar-refractivity contribution is 5.80. The number of amides is 1. The van der Waals surface area contributed by atoms with Crippen molar-refractivity contribution in [3.05, 3.63) is 29.8 Å². The summed E-state index contributed by atoms with van der Waals surface area (Å²) >= 11 is 0. The number of nitrogens with one attached hydrogen (secondary N) is 1. The lowest BCUT2D eigenvalue weighted by atomic mass is 10.2. The number of carbonyl (C=O) groups excluding carboxylic acids is 1. The van der Waals surface area contributed by atoms with Crippen LogP contribution in [0.25, 0.3) is 0 Å². The minimum Gasteiger partial charge on any atom is -0.481 e. The number of nitrogens with zero attached hydrogens (tertiary/aromatic N) is 1. The summed E-state index contributed by atoms with van der Waals surface area (Å²) in [5, 5.41) is 2.92. The van der Waals surface area contributed by atoms with Gasteiger partial charge in [-0.15, -0.1) is 0 Å². The molecule has 1 aliphatic heterocycles. The number of hydrogen-bond acceptors (Lipinski definition) is 4. The van der Waals surface area contributed by atoms with E-state index in [0.29, 0.717) is 6.54 Å². The molecule has 0 spiro atoms. The maximum atomic E-state index is 12.0. The maximum Gasteiger partial charge on any atom is 0.260 e. The highest BCUT2D eigenvalue weighted by Gasteiger charge is 2.16. The molecule has 2 rings (SSSR count). The van der Waals surface area contributed by atoms with E-state index in [0.717, 1.165) is 44.2 Å². The zero-order valence-corrected chi connectivity index (χ0v) is 12.8. The van der Waals surface area contributed by atoms with Crippen LogP contribution in [0, 0.1) is 6.92 Å². The largest absolute Gasteiger partial charge is 0.481 e. The Morgan fingerprint density at radius 3 is 2.81 bits per heavy atom. The van der Waals surface area contributed by atoms with Gasteiger partial charge in [0.25, 0.3) is 5.91 Å². The first-order valence-electron chi connectivity index (χ1n) is 7.47. The molecule has 0 aliphatic carbocycles. The summed E-state index contributed by atoms with van der Waals surface area (Å²) in [6, 6.07) is 7.71. The lowest BCUT2D eigenvalue weighted by Crippen LogP contribution is -2.43. The number of rotatable bonds is 6. The minimum atomic E-state index is -0.490. The molecule has 0 saturated carbocycles. The molecule has 1 aromatic rings. The highest BCUT2D eigenvalue weighted by Crippen LogP contribution is 2.17. The average molecular weight is 292 g/mol. The molecule has 5 heteroatoms. The third-order valence-corrected chi connectivity index (χ3v) is 3.60. The van der Waals surface area contributed by atoms with Crippen LogP contribution in [0.2, 0.25) is 0 Å². The van der Waals surface area contributed by atoms with Crippen molar-refractivity contribution in [3.63, 3.8) is 0 Å². The molecule has 1 amide bonds. The van der Waals surface area contributed by atoms with Gasteiger partial charge in [0.2, 0.25) is 0 Å². The fourth-order valence-corrected chi connectivity index (χ4v) is 2.24. The smallest absolute Gasteiger partial charge is 0.260 e. The Bertz CT molecular complexity index is 459. The summed E-state index contributed by atoms with van der Waals surface area (Å²) in [7, 11) is 0. The van der Waals surface area contributed by atoms with Crippen molar-refractivity contribution in [3.8, 4) is 5.75 Å². The van der Waals surface area contributed by atoms with E-state index in [-0.39, 0.29) is 5.91 Å². The molecule has 0 bridgehead atoms. The number of benzene rings is 1. The number of hydrogen-bond donors (Lipinski definition) is 1. The number of aryl methyl sites for hydroxylation is 1. The lowest BCUT2D eigenvalue weighted by molar-refractivity contribution is -0.127. The monoisotopic (exact) mass is 292 g/mol. The Hall–Kier alpha value is -1.59. The Balaban J connectivity index is 1.71. The number of morpholine rings is 1. The van der Waals surface area contributed by atoms with Crippen LogP contribution in [0.3, 0.4) is 0 Å². The summed E-state index contributed by atoms with van der Waals surface area (Å²) in [5.41, 5.74) is 1.03. The lowest BCUT2D eigenvalue weighted by Gasteiger charge is -2.26. The van der Waals surface area contributed by atoms with Gasteiger partial charge in [-0.2, -0.15) is 0 Å². The molecular formula is C16H24N2O3. The van der Waals surface area contributed by atoms with Crippen LogP contribution < -0.4 is 10.1 Å². The van der Waals surface area contributed by atoms with Crippen molar-refractivity contribution in [2.24, 2.45) is 0 Å². The summed E-state index contributed by atoms with van der Waals surface area (Å²) in [5.74, 6) is 0.680. The molecule has 0 unspecified atom stereocenters. The normalized spacial score (nSPS) is 17.2. The second-order valence-corrected chi connectivity index (χ2v) is 5.27. The fourth-order valence-electron chi connectivity index (χ4n) is 2.24. The van der Waals surface area contributed by atoms with Gasteiger partial charge in [-0.1, -0.05) is 18.2 Å². The molecule has 21 heavy (non-hydrogen) atoms. The zero-order chi connectivity index (χ0) is 15.1. The molecule has 1 fully saturated rings. The molecule has 1 atom stereocenters. The second-order valence-electron chi connectivity index (χ2n) is 5.27. The quantitative estimate of drug-likeness (QED) is 0.856. The third kappa shape index (κ3) is 5.02. The molecule has 1 heterocycles. The Morgan fingerprint density at radius 2 is 2.10 bits per heavy atom. The molecule has 1 aliphatic rings. The molecule has 1 aromatic carbocycles. The van der Waals surface area contributed by atoms with Crippen molar-refractivity contribution in [1.29, 1.82) is 0 Å². The van der Waals surface area contributed by atoms with Crippen LogP contribution in [0.1, 0.15) is 12.5 Å². The van der Waals surface area contributed by atoms with Crippen molar-refractivity contribution in [2.75, 3.05) is 39.4 Å². The van der Waals surface area contributed by atoms with E-state index < -0.39 is 6.10 Å². The molecule has 1 N–H and O–H groups in total. The SMILES string of the molecule is Cc1ccccc1O[C@H](C)C(=O)NCCN1CCOCC1. The van der Waals surface area contributed by atoms with E-state index in [1.165, 1.54) is 0 Å². The Kier molecular flexibility index (Phi) is 6.02. The summed E-state index contributed by atoms with van der Waals surface area (Å²) in [6.45, 7) is 8.67. The minimum absolute atomic E-state index is 0.0773. The third-order valence-electron chi connectivity index (χ3n) is 3.60. The number of carbonyl (C=O) groups is 1. The number of ether oxygens (including phenoxy) is 2. The van der Waals surface area contributed by atoms with E-state index in [4.69, 9.17) is 9.47 Å². The van der Waals surface area contributed by atoms with E-state index in [1.807, 2.05) is 31.2 Å². The van der Waals surface area contributed by atoms with Crippen LogP contribution >= 0.6 is 0 Å². The van der Waals surface area contributed by atoms with Gasteiger partial charge in [0.15, 0.2) is 6.10 Å². The highest BCUT2D eigenvalue weighted by atomic mass is 16.5. The summed E-state index contributed by atoms with van der Waals surface area (Å²) in [4.78, 5) is 14.3. The van der Waals surface area contributed by atoms with E-state index in [2.05, 4.69) is 10.2 Å². The Labute approximate surface area is 126 Å². The summed E-state index contributed by atoms with van der Waals surface area (Å²) in [6.07, 6.45) is -0.490. The predicted octanol–water partition coefficient (Wildman–Crippen LogP) is 1.21. The zero-order valence-electron chi connectivity index (χ0n) is 12.8. The van der Waals surface area contributed by atoms with Gasteiger partial charge in [-0.25, -0.2) is 0 Å². The fraction of sp³-hybridized carbons (Fsp3) is 0.562. The van der Waals surface area contributed by atoms with Gasteiger partial charge in [-0.3, -0.25) is 9.69 Å². The van der Waals surface area contributed by atoms with Crippen LogP contribution in [0.4, 0.5) is 0 Å². The van der Waals surface area contributed by atoms with Crippen LogP contribution in [0.5, 0.6) is 5.75 Å². The van der Waals surface area contributed by atoms with Gasteiger partial charge in [-0.05, 0) is 25.5 Å². The topological polar surface area (TPSA) is 50.8 Å². The second kappa shape index (κ2) is 8.00. The van der Waals surface area contributed by atoms with Crippen LogP contribution in [0.15, 0.2) is 24.3 Å². The molecule has 0 aromatic heterocycles. The first kappa shape index (κ1) is 15.8. The van der Waals surface area contributed by atoms with Gasteiger partial charge in [0.05, 0.1) is 13.2 Å². The van der Waals surface area contributed by atoms with E-state index >= 15 is 0 Å². The first-order chi connectivity index (χ1) is 10.2. The molecule has 0 radical (unpaired) electrons. The molecule has 116 valence electrons. The van der Waals surface area contributed by atoms with Gasteiger partial charge in [0, 0.05) is 26.2 Å². The maximum absolute atomic E-state index is 12.0. The van der Waals surface area contributed by atoms with Crippen molar-refractivity contribution in [2.45, 2.75) is 20.0 Å². The van der Waals surface area contributed by atoms with E-state index in [1.54, 1.807) is 6.92 Å². The average Bonchev–Trinajstić information content (AvgIpc) is 2.50. The summed E-state index contributed by atoms with van der Waals surface area (Å²) < 4.78 is 11.0. The molecular weight excluding hydrogens is 268 g/mol. The van der Waals surface area contributed by atoms with Crippen molar-refractivity contribution in [1.82, 2.24) is 10.2 Å². The molecule has 5 nitrogen and oxygen atoms in total. The Morgan fingerprint density at radius 1 is 1.38 bits per heavy atom. The van der Waals surface area contributed by atoms with Gasteiger partial charge in [0.1, 0.15) is 5.75 Å². The standard InChI is InChI=1S/C16H24N2O3/c1-13-5-3-4-6-15(13)21-14(2)16(19)17-7-8-18-9-11-20-12-10-18/h3-6,14H,7-12H2,1-2H3,(H,17,19)/t14-/m1/s1. The predicted molar refractivity (Wildman–Crippen MR) is 81.5 cm³/mol. The van der Waals surface area contributed by atoms with Crippen LogP contribution in [-0.2, 0) is 9.53 Å².